The molecule has 19 heavy (non-hydrogen) atoms. The van der Waals surface area contributed by atoms with Gasteiger partial charge in [-0.25, -0.2) is 0 Å². The number of benzene rings is 2. The third-order valence-electron chi connectivity index (χ3n) is 2.33. The van der Waals surface area contributed by atoms with E-state index < -0.39 is 0 Å². The number of hydrogen-bond donors (Lipinski definition) is 0. The zero-order valence-electron chi connectivity index (χ0n) is 10.5. The minimum atomic E-state index is 0. The Kier molecular flexibility index (Phi) is 7.95. The van der Waals surface area contributed by atoms with Crippen molar-refractivity contribution in [3.05, 3.63) is 84.4 Å². The van der Waals surface area contributed by atoms with Gasteiger partial charge < -0.3 is 10.1 Å². The maximum Gasteiger partial charge on any atom is 0.0119 e. The number of rotatable bonds is 2. The summed E-state index contributed by atoms with van der Waals surface area (Å²) >= 11 is 0. The molecule has 93 valence electrons. The van der Waals surface area contributed by atoms with E-state index in [1.165, 1.54) is 23.8 Å². The van der Waals surface area contributed by atoms with Gasteiger partial charge in [-0.3, -0.25) is 5.10 Å². The predicted molar refractivity (Wildman–Crippen MR) is 69.9 cm³/mol. The zero-order chi connectivity index (χ0) is 12.5. The molecule has 1 heterocycles. The summed E-state index contributed by atoms with van der Waals surface area (Å²) in [6, 6.07) is 21.7. The molecule has 4 heteroatoms. The van der Waals surface area contributed by atoms with Gasteiger partial charge in [-0.05, 0) is 6.42 Å². The fourth-order valence-corrected chi connectivity index (χ4v) is 1.52. The SMILES string of the molecule is [Y].[c-]1cccc(Cc2ccccc2)c1.c1nc[n-]n1. The van der Waals surface area contributed by atoms with Crippen molar-refractivity contribution in [1.82, 2.24) is 15.2 Å². The molecule has 0 spiro atoms. The van der Waals surface area contributed by atoms with E-state index in [-0.39, 0.29) is 32.7 Å². The number of nitrogens with zero attached hydrogens (tertiary/aromatic N) is 3. The van der Waals surface area contributed by atoms with E-state index in [0.29, 0.717) is 0 Å². The van der Waals surface area contributed by atoms with Crippen LogP contribution in [0.1, 0.15) is 11.1 Å². The van der Waals surface area contributed by atoms with Crippen molar-refractivity contribution in [2.75, 3.05) is 0 Å². The van der Waals surface area contributed by atoms with E-state index >= 15 is 0 Å². The largest absolute Gasteiger partial charge is 0.432 e. The molecule has 0 saturated carbocycles. The Morgan fingerprint density at radius 3 is 2.32 bits per heavy atom. The molecule has 2 aromatic carbocycles. The maximum atomic E-state index is 3.50. The first kappa shape index (κ1) is 15.7. The fourth-order valence-electron chi connectivity index (χ4n) is 1.52. The van der Waals surface area contributed by atoms with Crippen LogP contribution >= 0.6 is 0 Å². The van der Waals surface area contributed by atoms with E-state index in [0.717, 1.165) is 6.42 Å². The van der Waals surface area contributed by atoms with Crippen molar-refractivity contribution in [3.63, 3.8) is 0 Å². The molecular weight excluding hydrogens is 311 g/mol. The van der Waals surface area contributed by atoms with Crippen molar-refractivity contribution in [1.29, 1.82) is 0 Å². The molecular formula is C15H13N3Y-2. The van der Waals surface area contributed by atoms with Crippen molar-refractivity contribution in [2.45, 2.75) is 6.42 Å². The van der Waals surface area contributed by atoms with Gasteiger partial charge in [0, 0.05) is 39.0 Å². The molecule has 0 aliphatic heterocycles. The van der Waals surface area contributed by atoms with E-state index in [2.05, 4.69) is 51.6 Å². The van der Waals surface area contributed by atoms with Crippen LogP contribution in [0.15, 0.2) is 67.3 Å². The molecule has 0 aliphatic carbocycles. The Morgan fingerprint density at radius 2 is 1.79 bits per heavy atom. The summed E-state index contributed by atoms with van der Waals surface area (Å²) < 4.78 is 0. The molecule has 3 rings (SSSR count). The molecule has 0 atom stereocenters. The van der Waals surface area contributed by atoms with E-state index in [4.69, 9.17) is 0 Å². The molecule has 0 N–H and O–H groups in total. The Labute approximate surface area is 138 Å². The van der Waals surface area contributed by atoms with Crippen LogP contribution in [0.25, 0.3) is 0 Å². The van der Waals surface area contributed by atoms with Crippen LogP contribution in [0.2, 0.25) is 0 Å². The summed E-state index contributed by atoms with van der Waals surface area (Å²) in [5.74, 6) is 0. The molecule has 3 aromatic rings. The van der Waals surface area contributed by atoms with Crippen LogP contribution in [0.5, 0.6) is 0 Å². The van der Waals surface area contributed by atoms with Crippen molar-refractivity contribution in [3.8, 4) is 0 Å². The van der Waals surface area contributed by atoms with Gasteiger partial charge in [-0.2, -0.15) is 35.9 Å². The monoisotopic (exact) mass is 324 g/mol. The molecule has 0 bridgehead atoms. The molecule has 0 saturated heterocycles. The van der Waals surface area contributed by atoms with Gasteiger partial charge in [0.2, 0.25) is 0 Å². The molecule has 0 aliphatic rings. The van der Waals surface area contributed by atoms with Gasteiger partial charge in [0.05, 0.1) is 0 Å². The molecule has 1 radical (unpaired) electrons. The minimum absolute atomic E-state index is 0. The second-order valence-electron chi connectivity index (χ2n) is 3.69. The van der Waals surface area contributed by atoms with Crippen LogP contribution in [0.4, 0.5) is 0 Å². The van der Waals surface area contributed by atoms with Gasteiger partial charge in [-0.15, -0.1) is 0 Å². The summed E-state index contributed by atoms with van der Waals surface area (Å²) in [5.41, 5.74) is 2.66. The third kappa shape index (κ3) is 6.41. The minimum Gasteiger partial charge on any atom is -0.432 e. The normalized spacial score (nSPS) is 8.84. The van der Waals surface area contributed by atoms with Gasteiger partial charge >= 0.3 is 0 Å². The van der Waals surface area contributed by atoms with Gasteiger partial charge in [0.25, 0.3) is 0 Å². The second-order valence-corrected chi connectivity index (χ2v) is 3.69. The maximum absolute atomic E-state index is 3.50. The van der Waals surface area contributed by atoms with Crippen LogP contribution in [0, 0.1) is 6.07 Å². The van der Waals surface area contributed by atoms with Gasteiger partial charge in [0.1, 0.15) is 0 Å². The van der Waals surface area contributed by atoms with Crippen LogP contribution in [-0.2, 0) is 39.1 Å². The molecule has 3 nitrogen and oxygen atoms in total. The fraction of sp³-hybridized carbons (Fsp3) is 0.0667. The summed E-state index contributed by atoms with van der Waals surface area (Å²) in [5, 5.41) is 6.72. The van der Waals surface area contributed by atoms with E-state index in [9.17, 15) is 0 Å². The first-order valence-corrected chi connectivity index (χ1v) is 5.67. The number of hydrogen-bond acceptors (Lipinski definition) is 2. The summed E-state index contributed by atoms with van der Waals surface area (Å²) in [6.45, 7) is 0. The average Bonchev–Trinajstić information content (AvgIpc) is 3.00. The van der Waals surface area contributed by atoms with Crippen LogP contribution < -0.4 is 5.10 Å². The average molecular weight is 324 g/mol. The summed E-state index contributed by atoms with van der Waals surface area (Å²) in [7, 11) is 0. The first-order chi connectivity index (χ1) is 8.95. The molecule has 0 unspecified atom stereocenters. The number of aromatic nitrogens is 3. The standard InChI is InChI=1S/C13H11.C2H2N3.Y/c1-3-7-12(8-4-1)11-13-9-5-2-6-10-13;1-3-2-5-4-1;/h1-5,7-10H,11H2;1-2H;/q2*-1;. The van der Waals surface area contributed by atoms with E-state index in [1.54, 1.807) is 0 Å². The molecule has 0 amide bonds. The quantitative estimate of drug-likeness (QED) is 0.680. The smallest absolute Gasteiger partial charge is 0.0119 e. The topological polar surface area (TPSA) is 39.9 Å². The summed E-state index contributed by atoms with van der Waals surface area (Å²) in [6.07, 6.45) is 3.78. The van der Waals surface area contributed by atoms with Crippen molar-refractivity contribution >= 4 is 0 Å². The van der Waals surface area contributed by atoms with Gasteiger partial charge in [-0.1, -0.05) is 42.2 Å². The Morgan fingerprint density at radius 1 is 1.00 bits per heavy atom. The predicted octanol–water partition coefficient (Wildman–Crippen LogP) is 2.51. The Bertz CT molecular complexity index is 469. The molecule has 0 fully saturated rings. The van der Waals surface area contributed by atoms with Crippen LogP contribution in [-0.4, -0.2) is 10.1 Å². The van der Waals surface area contributed by atoms with E-state index in [1.807, 2.05) is 24.3 Å². The van der Waals surface area contributed by atoms with Crippen molar-refractivity contribution in [2.24, 2.45) is 0 Å². The Balaban J connectivity index is 0.000000256. The second kappa shape index (κ2) is 9.59. The van der Waals surface area contributed by atoms with Gasteiger partial charge in [0.15, 0.2) is 0 Å². The van der Waals surface area contributed by atoms with Crippen molar-refractivity contribution < 1.29 is 32.7 Å². The zero-order valence-corrected chi connectivity index (χ0v) is 13.3. The summed E-state index contributed by atoms with van der Waals surface area (Å²) in [4.78, 5) is 3.50. The Hall–Kier alpha value is -1.32. The molecule has 1 aromatic heterocycles. The van der Waals surface area contributed by atoms with Crippen LogP contribution in [0.3, 0.4) is 0 Å². The first-order valence-electron chi connectivity index (χ1n) is 5.67. The third-order valence-corrected chi connectivity index (χ3v) is 2.33.